The monoisotopic (exact) mass is 232 g/mol. The van der Waals surface area contributed by atoms with Gasteiger partial charge in [-0.25, -0.2) is 0 Å². The van der Waals surface area contributed by atoms with Crippen LogP contribution >= 0.6 is 22.9 Å². The quantitative estimate of drug-likeness (QED) is 0.836. The third kappa shape index (κ3) is 3.65. The van der Waals surface area contributed by atoms with E-state index < -0.39 is 5.54 Å². The van der Waals surface area contributed by atoms with Crippen molar-refractivity contribution in [3.05, 3.63) is 21.3 Å². The Labute approximate surface area is 92.3 Å². The van der Waals surface area contributed by atoms with E-state index >= 15 is 0 Å². The lowest BCUT2D eigenvalue weighted by molar-refractivity contribution is 0.0946. The number of rotatable bonds is 3. The van der Waals surface area contributed by atoms with E-state index in [9.17, 15) is 4.79 Å². The minimum Gasteiger partial charge on any atom is -0.350 e. The van der Waals surface area contributed by atoms with Gasteiger partial charge in [-0.15, -0.1) is 11.3 Å². The predicted molar refractivity (Wildman–Crippen MR) is 59.9 cm³/mol. The Bertz CT molecular complexity index is 330. The fraction of sp³-hybridized carbons (Fsp3) is 0.444. The van der Waals surface area contributed by atoms with E-state index in [1.807, 2.05) is 13.8 Å². The van der Waals surface area contributed by atoms with Crippen LogP contribution in [0.1, 0.15) is 24.2 Å². The number of hydrogen-bond donors (Lipinski definition) is 2. The zero-order chi connectivity index (χ0) is 10.8. The highest BCUT2D eigenvalue weighted by molar-refractivity contribution is 7.14. The molecule has 0 aliphatic rings. The lowest BCUT2D eigenvalue weighted by Crippen LogP contribution is -2.45. The smallest absolute Gasteiger partial charge is 0.252 e. The minimum atomic E-state index is -0.393. The van der Waals surface area contributed by atoms with Crippen molar-refractivity contribution in [1.29, 1.82) is 0 Å². The number of amides is 1. The summed E-state index contributed by atoms with van der Waals surface area (Å²) in [5.74, 6) is -0.133. The number of carbonyl (C=O) groups excluding carboxylic acids is 1. The van der Waals surface area contributed by atoms with Crippen LogP contribution in [0, 0.1) is 0 Å². The maximum atomic E-state index is 11.5. The standard InChI is InChI=1S/C9H13ClN2OS/c1-9(2,11)5-12-8(13)6-3-7(10)14-4-6/h3-4H,5,11H2,1-2H3,(H,12,13). The number of halogens is 1. The molecule has 14 heavy (non-hydrogen) atoms. The first-order valence-corrected chi connectivity index (χ1v) is 5.45. The average Bonchev–Trinajstić information content (AvgIpc) is 2.46. The highest BCUT2D eigenvalue weighted by Crippen LogP contribution is 2.19. The number of nitrogens with one attached hydrogen (secondary N) is 1. The first kappa shape index (κ1) is 11.5. The maximum absolute atomic E-state index is 11.5. The van der Waals surface area contributed by atoms with Crippen LogP contribution in [0.4, 0.5) is 0 Å². The molecule has 1 aromatic rings. The van der Waals surface area contributed by atoms with E-state index in [2.05, 4.69) is 5.32 Å². The second-order valence-corrected chi connectivity index (χ2v) is 5.35. The van der Waals surface area contributed by atoms with Gasteiger partial charge in [0, 0.05) is 17.5 Å². The van der Waals surface area contributed by atoms with Crippen LogP contribution in [-0.4, -0.2) is 18.0 Å². The van der Waals surface area contributed by atoms with Gasteiger partial charge < -0.3 is 11.1 Å². The van der Waals surface area contributed by atoms with E-state index in [4.69, 9.17) is 17.3 Å². The molecular weight excluding hydrogens is 220 g/mol. The van der Waals surface area contributed by atoms with E-state index in [-0.39, 0.29) is 5.91 Å². The van der Waals surface area contributed by atoms with Crippen molar-refractivity contribution >= 4 is 28.8 Å². The molecule has 78 valence electrons. The van der Waals surface area contributed by atoms with Crippen LogP contribution in [0.25, 0.3) is 0 Å². The number of nitrogens with two attached hydrogens (primary N) is 1. The Kier molecular flexibility index (Phi) is 3.53. The molecule has 0 unspecified atom stereocenters. The van der Waals surface area contributed by atoms with Gasteiger partial charge in [0.25, 0.3) is 5.91 Å². The van der Waals surface area contributed by atoms with Gasteiger partial charge in [0.15, 0.2) is 0 Å². The van der Waals surface area contributed by atoms with E-state index in [0.717, 1.165) is 0 Å². The Balaban J connectivity index is 2.52. The molecule has 0 bridgehead atoms. The lowest BCUT2D eigenvalue weighted by atomic mass is 10.1. The highest BCUT2D eigenvalue weighted by atomic mass is 35.5. The summed E-state index contributed by atoms with van der Waals surface area (Å²) in [4.78, 5) is 11.5. The summed E-state index contributed by atoms with van der Waals surface area (Å²) in [5.41, 5.74) is 5.92. The molecule has 0 aromatic carbocycles. The van der Waals surface area contributed by atoms with Crippen LogP contribution in [0.5, 0.6) is 0 Å². The Morgan fingerprint density at radius 1 is 1.71 bits per heavy atom. The van der Waals surface area contributed by atoms with Gasteiger partial charge in [0.1, 0.15) is 0 Å². The van der Waals surface area contributed by atoms with E-state index in [0.29, 0.717) is 16.4 Å². The average molecular weight is 233 g/mol. The largest absolute Gasteiger partial charge is 0.350 e. The molecule has 1 heterocycles. The van der Waals surface area contributed by atoms with Gasteiger partial charge in [-0.2, -0.15) is 0 Å². The maximum Gasteiger partial charge on any atom is 0.252 e. The van der Waals surface area contributed by atoms with Crippen LogP contribution < -0.4 is 11.1 Å². The summed E-state index contributed by atoms with van der Waals surface area (Å²) < 4.78 is 0.613. The molecule has 0 atom stereocenters. The zero-order valence-corrected chi connectivity index (χ0v) is 9.71. The SMILES string of the molecule is CC(C)(N)CNC(=O)c1csc(Cl)c1. The molecule has 0 aliphatic heterocycles. The van der Waals surface area contributed by atoms with E-state index in [1.54, 1.807) is 11.4 Å². The molecule has 5 heteroatoms. The summed E-state index contributed by atoms with van der Waals surface area (Å²) in [5, 5.41) is 4.46. The molecule has 0 saturated carbocycles. The number of carbonyl (C=O) groups is 1. The van der Waals surface area contributed by atoms with Crippen molar-refractivity contribution in [2.45, 2.75) is 19.4 Å². The van der Waals surface area contributed by atoms with Crippen molar-refractivity contribution in [3.8, 4) is 0 Å². The summed E-state index contributed by atoms with van der Waals surface area (Å²) >= 11 is 7.05. The molecule has 3 nitrogen and oxygen atoms in total. The number of thiophene rings is 1. The van der Waals surface area contributed by atoms with Gasteiger partial charge >= 0.3 is 0 Å². The minimum absolute atomic E-state index is 0.133. The van der Waals surface area contributed by atoms with Crippen molar-refractivity contribution in [1.82, 2.24) is 5.32 Å². The first-order chi connectivity index (χ1) is 6.38. The zero-order valence-electron chi connectivity index (χ0n) is 8.13. The van der Waals surface area contributed by atoms with Crippen molar-refractivity contribution in [3.63, 3.8) is 0 Å². The summed E-state index contributed by atoms with van der Waals surface area (Å²) in [6.45, 7) is 4.15. The normalized spacial score (nSPS) is 11.4. The summed E-state index contributed by atoms with van der Waals surface area (Å²) in [6.07, 6.45) is 0. The molecule has 0 radical (unpaired) electrons. The highest BCUT2D eigenvalue weighted by Gasteiger charge is 2.13. The topological polar surface area (TPSA) is 55.1 Å². The van der Waals surface area contributed by atoms with Crippen LogP contribution in [0.3, 0.4) is 0 Å². The second-order valence-electron chi connectivity index (χ2n) is 3.81. The van der Waals surface area contributed by atoms with Gasteiger partial charge in [-0.1, -0.05) is 11.6 Å². The van der Waals surface area contributed by atoms with Gasteiger partial charge in [-0.05, 0) is 19.9 Å². The van der Waals surface area contributed by atoms with E-state index in [1.165, 1.54) is 11.3 Å². The molecule has 0 saturated heterocycles. The molecule has 1 amide bonds. The Hall–Kier alpha value is -0.580. The van der Waals surface area contributed by atoms with Gasteiger partial charge in [0.05, 0.1) is 9.90 Å². The fourth-order valence-corrected chi connectivity index (χ4v) is 1.70. The van der Waals surface area contributed by atoms with Gasteiger partial charge in [-0.3, -0.25) is 4.79 Å². The molecule has 0 fully saturated rings. The molecular formula is C9H13ClN2OS. The first-order valence-electron chi connectivity index (χ1n) is 4.19. The molecule has 1 rings (SSSR count). The summed E-state index contributed by atoms with van der Waals surface area (Å²) in [7, 11) is 0. The van der Waals surface area contributed by atoms with Crippen LogP contribution in [-0.2, 0) is 0 Å². The fourth-order valence-electron chi connectivity index (χ4n) is 0.839. The van der Waals surface area contributed by atoms with Crippen molar-refractivity contribution < 1.29 is 4.79 Å². The lowest BCUT2D eigenvalue weighted by Gasteiger charge is -2.18. The van der Waals surface area contributed by atoms with Crippen molar-refractivity contribution in [2.75, 3.05) is 6.54 Å². The Morgan fingerprint density at radius 3 is 2.79 bits per heavy atom. The third-order valence-electron chi connectivity index (χ3n) is 1.53. The van der Waals surface area contributed by atoms with Gasteiger partial charge in [0.2, 0.25) is 0 Å². The van der Waals surface area contributed by atoms with Crippen molar-refractivity contribution in [2.24, 2.45) is 5.73 Å². The number of hydrogen-bond acceptors (Lipinski definition) is 3. The third-order valence-corrected chi connectivity index (χ3v) is 2.63. The second kappa shape index (κ2) is 4.29. The molecule has 0 aliphatic carbocycles. The molecule has 0 spiro atoms. The Morgan fingerprint density at radius 2 is 2.36 bits per heavy atom. The predicted octanol–water partition coefficient (Wildman–Crippen LogP) is 1.87. The molecule has 3 N–H and O–H groups in total. The molecule has 1 aromatic heterocycles. The summed E-state index contributed by atoms with van der Waals surface area (Å²) in [6, 6.07) is 1.64. The van der Waals surface area contributed by atoms with Crippen LogP contribution in [0.2, 0.25) is 4.34 Å². The van der Waals surface area contributed by atoms with Crippen LogP contribution in [0.15, 0.2) is 11.4 Å².